The van der Waals surface area contributed by atoms with Crippen molar-refractivity contribution in [1.29, 1.82) is 0 Å². The van der Waals surface area contributed by atoms with Crippen LogP contribution in [-0.4, -0.2) is 39.3 Å². The summed E-state index contributed by atoms with van der Waals surface area (Å²) in [5, 5.41) is 17.6. The van der Waals surface area contributed by atoms with E-state index in [1.165, 1.54) is 0 Å². The van der Waals surface area contributed by atoms with Gasteiger partial charge >= 0.3 is 5.97 Å². The lowest BCUT2D eigenvalue weighted by Crippen LogP contribution is -2.32. The number of ether oxygens (including phenoxy) is 1. The molecule has 8 nitrogen and oxygen atoms in total. The maximum absolute atomic E-state index is 13.1. The molecule has 0 radical (unpaired) electrons. The number of anilines is 1. The summed E-state index contributed by atoms with van der Waals surface area (Å²) in [7, 11) is 0. The number of carboxylic acid groups (broad SMARTS) is 1. The summed E-state index contributed by atoms with van der Waals surface area (Å²) in [6, 6.07) is 28.0. The molecule has 0 saturated carbocycles. The summed E-state index contributed by atoms with van der Waals surface area (Å²) in [6.07, 6.45) is 1.85. The van der Waals surface area contributed by atoms with Crippen LogP contribution in [0.5, 0.6) is 5.75 Å². The number of para-hydroxylation sites is 1. The Hall–Kier alpha value is -5.11. The zero-order valence-corrected chi connectivity index (χ0v) is 22.0. The van der Waals surface area contributed by atoms with E-state index in [-0.39, 0.29) is 12.2 Å². The second-order valence-corrected chi connectivity index (χ2v) is 9.34. The van der Waals surface area contributed by atoms with E-state index in [0.717, 1.165) is 22.7 Å². The van der Waals surface area contributed by atoms with E-state index >= 15 is 0 Å². The summed E-state index contributed by atoms with van der Waals surface area (Å²) in [4.78, 5) is 25.2. The van der Waals surface area contributed by atoms with Gasteiger partial charge in [-0.3, -0.25) is 9.48 Å². The molecule has 40 heavy (non-hydrogen) atoms. The van der Waals surface area contributed by atoms with Gasteiger partial charge in [0, 0.05) is 28.9 Å². The number of aliphatic carboxylic acids is 1. The number of furan rings is 1. The van der Waals surface area contributed by atoms with Crippen LogP contribution < -0.4 is 10.1 Å². The molecule has 0 fully saturated rings. The maximum atomic E-state index is 13.1. The van der Waals surface area contributed by atoms with Crippen molar-refractivity contribution in [2.45, 2.75) is 25.9 Å². The highest BCUT2D eigenvalue weighted by molar-refractivity contribution is 6.12. The fourth-order valence-electron chi connectivity index (χ4n) is 4.43. The van der Waals surface area contributed by atoms with Gasteiger partial charge in [0.2, 0.25) is 0 Å². The summed E-state index contributed by atoms with van der Waals surface area (Å²) in [5.41, 5.74) is 4.05. The van der Waals surface area contributed by atoms with Crippen molar-refractivity contribution in [3.8, 4) is 17.2 Å². The smallest absolute Gasteiger partial charge is 0.326 e. The van der Waals surface area contributed by atoms with E-state index < -0.39 is 12.0 Å². The zero-order chi connectivity index (χ0) is 27.9. The Balaban J connectivity index is 1.19. The molecular formula is C32H29N3O5. The minimum Gasteiger partial charge on any atom is -0.492 e. The van der Waals surface area contributed by atoms with Crippen LogP contribution in [0.4, 0.5) is 5.69 Å². The highest BCUT2D eigenvalue weighted by atomic mass is 16.5. The van der Waals surface area contributed by atoms with E-state index in [1.807, 2.05) is 60.1 Å². The molecule has 5 aromatic rings. The van der Waals surface area contributed by atoms with Crippen LogP contribution in [0.25, 0.3) is 11.5 Å². The summed E-state index contributed by atoms with van der Waals surface area (Å²) >= 11 is 0. The van der Waals surface area contributed by atoms with E-state index in [1.54, 1.807) is 54.8 Å². The van der Waals surface area contributed by atoms with Gasteiger partial charge in [0.15, 0.2) is 11.5 Å². The SMILES string of the molecule is Cc1cc(-c2ccco2)nn1CCOc1ccc(C[C@H](Nc2ccccc2C(=O)c2ccccc2)C(=O)O)cc1. The van der Waals surface area contributed by atoms with E-state index in [2.05, 4.69) is 10.4 Å². The number of aryl methyl sites for hydroxylation is 1. The minimum atomic E-state index is -1.01. The molecule has 0 amide bonds. The molecule has 0 aliphatic carbocycles. The number of ketones is 1. The largest absolute Gasteiger partial charge is 0.492 e. The third kappa shape index (κ3) is 6.30. The van der Waals surface area contributed by atoms with E-state index in [4.69, 9.17) is 9.15 Å². The van der Waals surface area contributed by atoms with E-state index in [9.17, 15) is 14.7 Å². The number of carbonyl (C=O) groups excluding carboxylic acids is 1. The van der Waals surface area contributed by atoms with Gasteiger partial charge in [0.05, 0.1) is 12.8 Å². The van der Waals surface area contributed by atoms with Crippen molar-refractivity contribution >= 4 is 17.4 Å². The second kappa shape index (κ2) is 12.2. The normalized spacial score (nSPS) is 11.6. The molecule has 3 aromatic carbocycles. The monoisotopic (exact) mass is 535 g/mol. The quantitative estimate of drug-likeness (QED) is 0.193. The number of nitrogens with one attached hydrogen (secondary N) is 1. The number of rotatable bonds is 12. The van der Waals surface area contributed by atoms with Crippen molar-refractivity contribution in [3.05, 3.63) is 126 Å². The first-order valence-corrected chi connectivity index (χ1v) is 13.0. The number of hydrogen-bond donors (Lipinski definition) is 2. The van der Waals surface area contributed by atoms with Crippen LogP contribution in [0.2, 0.25) is 0 Å². The van der Waals surface area contributed by atoms with Gasteiger partial charge in [-0.25, -0.2) is 4.79 Å². The Labute approximate surface area is 231 Å². The van der Waals surface area contributed by atoms with Gasteiger partial charge in [0.1, 0.15) is 24.1 Å². The fourth-order valence-corrected chi connectivity index (χ4v) is 4.43. The Kier molecular flexibility index (Phi) is 8.06. The first kappa shape index (κ1) is 26.5. The van der Waals surface area contributed by atoms with Crippen LogP contribution in [0.3, 0.4) is 0 Å². The molecule has 1 atom stereocenters. The Morgan fingerprint density at radius 1 is 0.975 bits per heavy atom. The van der Waals surface area contributed by atoms with Crippen LogP contribution in [-0.2, 0) is 17.8 Å². The van der Waals surface area contributed by atoms with Gasteiger partial charge in [-0.2, -0.15) is 5.10 Å². The van der Waals surface area contributed by atoms with Crippen molar-refractivity contribution in [2.75, 3.05) is 11.9 Å². The van der Waals surface area contributed by atoms with E-state index in [0.29, 0.717) is 35.7 Å². The topological polar surface area (TPSA) is 107 Å². The maximum Gasteiger partial charge on any atom is 0.326 e. The molecule has 202 valence electrons. The molecule has 0 aliphatic heterocycles. The lowest BCUT2D eigenvalue weighted by Gasteiger charge is -2.18. The molecule has 2 heterocycles. The highest BCUT2D eigenvalue weighted by Crippen LogP contribution is 2.22. The molecule has 2 N–H and O–H groups in total. The van der Waals surface area contributed by atoms with Crippen LogP contribution in [0.1, 0.15) is 27.2 Å². The molecule has 0 bridgehead atoms. The van der Waals surface area contributed by atoms with Crippen LogP contribution >= 0.6 is 0 Å². The molecular weight excluding hydrogens is 506 g/mol. The summed E-state index contributed by atoms with van der Waals surface area (Å²) in [5.74, 6) is 0.222. The molecule has 0 unspecified atom stereocenters. The summed E-state index contributed by atoms with van der Waals surface area (Å²) < 4.78 is 13.2. The Morgan fingerprint density at radius 3 is 2.45 bits per heavy atom. The molecule has 5 rings (SSSR count). The fraction of sp³-hybridized carbons (Fsp3) is 0.156. The van der Waals surface area contributed by atoms with Gasteiger partial charge in [-0.05, 0) is 55.0 Å². The van der Waals surface area contributed by atoms with Crippen molar-refractivity contribution in [1.82, 2.24) is 9.78 Å². The van der Waals surface area contributed by atoms with Crippen LogP contribution in [0, 0.1) is 6.92 Å². The standard InChI is InChI=1S/C32H29N3O5/c1-22-20-28(30-12-7-18-40-30)34-35(22)17-19-39-25-15-13-23(14-16-25)21-29(32(37)38)33-27-11-6-5-10-26(27)31(36)24-8-3-2-4-9-24/h2-16,18,20,29,33H,17,19,21H2,1H3,(H,37,38)/t29-/m0/s1. The van der Waals surface area contributed by atoms with Crippen LogP contribution in [0.15, 0.2) is 108 Å². The van der Waals surface area contributed by atoms with Gasteiger partial charge in [-0.1, -0.05) is 54.6 Å². The molecule has 0 saturated heterocycles. The third-order valence-corrected chi connectivity index (χ3v) is 6.53. The zero-order valence-electron chi connectivity index (χ0n) is 22.0. The first-order chi connectivity index (χ1) is 19.5. The number of carbonyl (C=O) groups is 2. The first-order valence-electron chi connectivity index (χ1n) is 13.0. The second-order valence-electron chi connectivity index (χ2n) is 9.34. The molecule has 8 heteroatoms. The average Bonchev–Trinajstić information content (AvgIpc) is 3.64. The lowest BCUT2D eigenvalue weighted by atomic mass is 10.00. The molecule has 0 aliphatic rings. The Morgan fingerprint density at radius 2 is 1.73 bits per heavy atom. The molecule has 2 aromatic heterocycles. The van der Waals surface area contributed by atoms with Crippen molar-refractivity contribution in [3.63, 3.8) is 0 Å². The van der Waals surface area contributed by atoms with Gasteiger partial charge < -0.3 is 19.6 Å². The molecule has 0 spiro atoms. The average molecular weight is 536 g/mol. The summed E-state index contributed by atoms with van der Waals surface area (Å²) in [6.45, 7) is 2.97. The predicted molar refractivity (Wildman–Crippen MR) is 152 cm³/mol. The lowest BCUT2D eigenvalue weighted by molar-refractivity contribution is -0.137. The number of carboxylic acids is 1. The number of nitrogens with zero attached hydrogens (tertiary/aromatic N) is 2. The number of aromatic nitrogens is 2. The number of hydrogen-bond acceptors (Lipinski definition) is 6. The van der Waals surface area contributed by atoms with Gasteiger partial charge in [0.25, 0.3) is 0 Å². The minimum absolute atomic E-state index is 0.170. The number of benzene rings is 3. The Bertz CT molecular complexity index is 1570. The van der Waals surface area contributed by atoms with Crippen molar-refractivity contribution < 1.29 is 23.8 Å². The highest BCUT2D eigenvalue weighted by Gasteiger charge is 2.21. The van der Waals surface area contributed by atoms with Crippen molar-refractivity contribution in [2.24, 2.45) is 0 Å². The predicted octanol–water partition coefficient (Wildman–Crippen LogP) is 5.87. The van der Waals surface area contributed by atoms with Gasteiger partial charge in [-0.15, -0.1) is 0 Å². The third-order valence-electron chi connectivity index (χ3n) is 6.53.